The Hall–Kier alpha value is -1.01. The molecule has 0 aliphatic carbocycles. The first kappa shape index (κ1) is 16.8. The zero-order valence-corrected chi connectivity index (χ0v) is 15.5. The summed E-state index contributed by atoms with van der Waals surface area (Å²) in [6.45, 7) is 7.90. The number of hydrogen-bond donors (Lipinski definition) is 1. The molecule has 0 unspecified atom stereocenters. The van der Waals surface area contributed by atoms with E-state index in [9.17, 15) is 4.55 Å². The third-order valence-electron chi connectivity index (χ3n) is 4.11. The maximum atomic E-state index is 12.3. The smallest absolute Gasteiger partial charge is 0.136 e. The van der Waals surface area contributed by atoms with Crippen LogP contribution in [0.5, 0.6) is 0 Å². The zero-order valence-electron chi connectivity index (χ0n) is 13.9. The summed E-state index contributed by atoms with van der Waals surface area (Å²) in [5, 5.41) is 0.809. The zero-order chi connectivity index (χ0) is 16.8. The molecule has 124 valence electrons. The van der Waals surface area contributed by atoms with E-state index in [1.54, 1.807) is 0 Å². The number of hydrogen-bond acceptors (Lipinski definition) is 3. The fraction of sp³-hybridized carbons (Fsp3) is 0.471. The van der Waals surface area contributed by atoms with E-state index in [2.05, 4.69) is 20.3 Å². The van der Waals surface area contributed by atoms with Crippen molar-refractivity contribution in [3.05, 3.63) is 46.5 Å². The van der Waals surface area contributed by atoms with Gasteiger partial charge in [0.25, 0.3) is 0 Å². The monoisotopic (exact) mass is 351 g/mol. The van der Waals surface area contributed by atoms with Crippen molar-refractivity contribution in [3.63, 3.8) is 0 Å². The molecule has 0 saturated heterocycles. The molecule has 1 aliphatic heterocycles. The van der Waals surface area contributed by atoms with Gasteiger partial charge in [0, 0.05) is 22.1 Å². The second kappa shape index (κ2) is 6.13. The molecule has 23 heavy (non-hydrogen) atoms. The number of benzene rings is 1. The van der Waals surface area contributed by atoms with Crippen molar-refractivity contribution < 1.29 is 4.55 Å². The Labute approximate surface area is 145 Å². The molecular weight excluding hydrogens is 330 g/mol. The summed E-state index contributed by atoms with van der Waals surface area (Å²) < 4.78 is 17.3. The molecule has 1 N–H and O–H groups in total. The third-order valence-corrected chi connectivity index (χ3v) is 6.15. The molecule has 1 aliphatic rings. The molecule has 0 saturated carbocycles. The first-order valence-electron chi connectivity index (χ1n) is 7.81. The van der Waals surface area contributed by atoms with Gasteiger partial charge in [-0.2, -0.15) is 0 Å². The van der Waals surface area contributed by atoms with E-state index in [4.69, 9.17) is 11.6 Å². The van der Waals surface area contributed by atoms with Crippen molar-refractivity contribution in [2.75, 3.05) is 0 Å². The summed E-state index contributed by atoms with van der Waals surface area (Å²) in [5.74, 6) is 0. The largest absolute Gasteiger partial charge is 0.598 e. The molecule has 1 aromatic heterocycles. The van der Waals surface area contributed by atoms with Gasteiger partial charge in [-0.1, -0.05) is 17.7 Å². The summed E-state index contributed by atoms with van der Waals surface area (Å²) in [7, 11) is 0. The van der Waals surface area contributed by atoms with Crippen LogP contribution in [0.3, 0.4) is 0 Å². The minimum Gasteiger partial charge on any atom is -0.598 e. The molecule has 2 heterocycles. The normalized spacial score (nSPS) is 16.6. The summed E-state index contributed by atoms with van der Waals surface area (Å²) >= 11 is 5.19. The number of nitrogens with one attached hydrogen (secondary N) is 1. The average Bonchev–Trinajstić information content (AvgIpc) is 2.91. The van der Waals surface area contributed by atoms with Crippen LogP contribution in [0, 0.1) is 0 Å². The maximum absolute atomic E-state index is 12.3. The average molecular weight is 352 g/mol. The molecule has 4 nitrogen and oxygen atoms in total. The van der Waals surface area contributed by atoms with E-state index >= 15 is 0 Å². The topological polar surface area (TPSA) is 52.9 Å². The number of aromatic nitrogens is 2. The predicted octanol–water partition coefficient (Wildman–Crippen LogP) is 3.74. The second-order valence-corrected chi connectivity index (χ2v) is 9.31. The van der Waals surface area contributed by atoms with Gasteiger partial charge in [-0.15, -0.1) is 4.72 Å². The van der Waals surface area contributed by atoms with Crippen molar-refractivity contribution >= 4 is 23.0 Å². The van der Waals surface area contributed by atoms with Crippen LogP contribution in [0.25, 0.3) is 5.69 Å². The van der Waals surface area contributed by atoms with Crippen molar-refractivity contribution in [2.24, 2.45) is 0 Å². The first-order valence-corrected chi connectivity index (χ1v) is 9.33. The molecule has 3 rings (SSSR count). The standard InChI is InChI=1S/C17H22ClN3OS/c1-11(20-23(22)17(2,3)4)16-15-9-8-12-13(18)6-5-7-14(12)21(15)10-19-16/h5-7,10-11,20H,8-9H2,1-4H3/t11-,23-/m0/s1. The molecule has 6 heteroatoms. The van der Waals surface area contributed by atoms with Gasteiger partial charge in [0.1, 0.15) is 4.75 Å². The minimum absolute atomic E-state index is 0.0629. The number of rotatable bonds is 3. The van der Waals surface area contributed by atoms with Gasteiger partial charge in [0.15, 0.2) is 0 Å². The summed E-state index contributed by atoms with van der Waals surface area (Å²) in [4.78, 5) is 4.58. The van der Waals surface area contributed by atoms with Crippen molar-refractivity contribution in [2.45, 2.75) is 51.3 Å². The first-order chi connectivity index (χ1) is 10.8. The molecule has 0 bridgehead atoms. The lowest BCUT2D eigenvalue weighted by atomic mass is 9.99. The minimum atomic E-state index is -1.12. The van der Waals surface area contributed by atoms with E-state index in [0.717, 1.165) is 29.2 Å². The van der Waals surface area contributed by atoms with Crippen LogP contribution in [0.1, 0.15) is 50.7 Å². The van der Waals surface area contributed by atoms with Gasteiger partial charge in [0.05, 0.1) is 23.8 Å². The third kappa shape index (κ3) is 3.15. The van der Waals surface area contributed by atoms with Crippen LogP contribution >= 0.6 is 11.6 Å². The molecule has 1 aromatic carbocycles. The van der Waals surface area contributed by atoms with Crippen LogP contribution in [0.2, 0.25) is 5.02 Å². The SMILES string of the molecule is C[C@H](N[S@@+]([O-])C(C)(C)C)c1ncn2c1CCc1c(Cl)cccc1-2. The second-order valence-electron chi connectivity index (χ2n) is 6.90. The molecule has 0 fully saturated rings. The predicted molar refractivity (Wildman–Crippen MR) is 95.4 cm³/mol. The maximum Gasteiger partial charge on any atom is 0.136 e. The van der Waals surface area contributed by atoms with E-state index in [0.29, 0.717) is 0 Å². The van der Waals surface area contributed by atoms with E-state index < -0.39 is 11.4 Å². The lowest BCUT2D eigenvalue weighted by Gasteiger charge is -2.27. The van der Waals surface area contributed by atoms with Gasteiger partial charge < -0.3 is 9.12 Å². The highest BCUT2D eigenvalue weighted by molar-refractivity contribution is 7.90. The molecule has 0 amide bonds. The van der Waals surface area contributed by atoms with Crippen molar-refractivity contribution in [3.8, 4) is 5.69 Å². The fourth-order valence-electron chi connectivity index (χ4n) is 2.86. The van der Waals surface area contributed by atoms with Crippen LogP contribution in [-0.2, 0) is 24.2 Å². The number of imidazole rings is 1. The van der Waals surface area contributed by atoms with Gasteiger partial charge in [-0.25, -0.2) is 4.98 Å². The van der Waals surface area contributed by atoms with Gasteiger partial charge >= 0.3 is 0 Å². The highest BCUT2D eigenvalue weighted by atomic mass is 35.5. The Kier molecular flexibility index (Phi) is 4.49. The molecule has 0 radical (unpaired) electrons. The van der Waals surface area contributed by atoms with Crippen molar-refractivity contribution in [1.82, 2.24) is 14.3 Å². The number of fused-ring (bicyclic) bond motifs is 3. The van der Waals surface area contributed by atoms with Crippen molar-refractivity contribution in [1.29, 1.82) is 0 Å². The van der Waals surface area contributed by atoms with Crippen LogP contribution in [0.15, 0.2) is 24.5 Å². The Morgan fingerprint density at radius 3 is 2.78 bits per heavy atom. The molecule has 0 spiro atoms. The van der Waals surface area contributed by atoms with Gasteiger partial charge in [-0.05, 0) is 58.2 Å². The summed E-state index contributed by atoms with van der Waals surface area (Å²) in [6, 6.07) is 5.90. The lowest BCUT2D eigenvalue weighted by molar-refractivity contribution is 0.528. The quantitative estimate of drug-likeness (QED) is 0.857. The van der Waals surface area contributed by atoms with Gasteiger partial charge in [0.2, 0.25) is 0 Å². The number of halogens is 1. The Morgan fingerprint density at radius 1 is 1.35 bits per heavy atom. The Balaban J connectivity index is 1.91. The van der Waals surface area contributed by atoms with E-state index in [-0.39, 0.29) is 10.8 Å². The highest BCUT2D eigenvalue weighted by Gasteiger charge is 2.31. The van der Waals surface area contributed by atoms with E-state index in [1.165, 1.54) is 11.3 Å². The van der Waals surface area contributed by atoms with E-state index in [1.807, 2.05) is 46.2 Å². The summed E-state index contributed by atoms with van der Waals surface area (Å²) in [5.41, 5.74) is 4.41. The Bertz CT molecular complexity index is 723. The Morgan fingerprint density at radius 2 is 2.09 bits per heavy atom. The van der Waals surface area contributed by atoms with Gasteiger partial charge in [-0.3, -0.25) is 0 Å². The van der Waals surface area contributed by atoms with Crippen LogP contribution < -0.4 is 4.72 Å². The van der Waals surface area contributed by atoms with Crippen LogP contribution in [0.4, 0.5) is 0 Å². The molecule has 2 aromatic rings. The highest BCUT2D eigenvalue weighted by Crippen LogP contribution is 2.33. The summed E-state index contributed by atoms with van der Waals surface area (Å²) in [6.07, 6.45) is 3.64. The molecule has 2 atom stereocenters. The number of nitrogens with zero attached hydrogens (tertiary/aromatic N) is 2. The fourth-order valence-corrected chi connectivity index (χ4v) is 3.91. The lowest BCUT2D eigenvalue weighted by Crippen LogP contribution is -2.40. The van der Waals surface area contributed by atoms with Crippen LogP contribution in [-0.4, -0.2) is 18.9 Å². The molecular formula is C17H22ClN3OS.